The minimum Gasteiger partial charge on any atom is -0.490 e. The molecule has 2 N–H and O–H groups in total. The van der Waals surface area contributed by atoms with Crippen LogP contribution in [0.3, 0.4) is 0 Å². The van der Waals surface area contributed by atoms with Crippen LogP contribution in [0.1, 0.15) is 62.5 Å². The minimum atomic E-state index is -4.67. The summed E-state index contributed by atoms with van der Waals surface area (Å²) in [5.41, 5.74) is 0.581. The molecule has 1 aromatic heterocycles. The summed E-state index contributed by atoms with van der Waals surface area (Å²) in [6.07, 6.45) is 7.43. The molecule has 0 bridgehead atoms. The summed E-state index contributed by atoms with van der Waals surface area (Å²) in [5, 5.41) is 5.71. The lowest BCUT2D eigenvalue weighted by Crippen LogP contribution is -2.27. The second-order valence-electron chi connectivity index (χ2n) is 11.6. The van der Waals surface area contributed by atoms with Gasteiger partial charge in [-0.25, -0.2) is 13.4 Å². The van der Waals surface area contributed by atoms with Crippen LogP contribution in [0.4, 0.5) is 36.3 Å². The van der Waals surface area contributed by atoms with E-state index in [0.29, 0.717) is 16.9 Å². The molecule has 8 nitrogen and oxygen atoms in total. The highest BCUT2D eigenvalue weighted by Crippen LogP contribution is 2.40. The molecular formula is C31H38F3N5O3S. The standard InChI is InChI=1S/C31H38F3N5O3S/c1-39(43(2,40)41)25-9-5-6-21(18-25)19-35-29-28(31(32,33)34)20-36-30(38-29)37-24-12-16-27(17-13-24)42-26-14-10-23(11-15-26)22-7-3-4-8-22/h5-6,9,12-13,16-18,20,22-23,26H,3-4,7-8,10-11,14-15,19H2,1-2H3,(H2,35,36,37,38). The smallest absolute Gasteiger partial charge is 0.421 e. The Morgan fingerprint density at radius 2 is 1.65 bits per heavy atom. The molecule has 0 amide bonds. The molecule has 232 valence electrons. The van der Waals surface area contributed by atoms with Gasteiger partial charge in [-0.2, -0.15) is 18.2 Å². The number of alkyl halides is 3. The van der Waals surface area contributed by atoms with Crippen LogP contribution in [-0.2, 0) is 22.7 Å². The fourth-order valence-electron chi connectivity index (χ4n) is 6.07. The van der Waals surface area contributed by atoms with Crippen molar-refractivity contribution in [1.29, 1.82) is 0 Å². The molecule has 2 saturated carbocycles. The van der Waals surface area contributed by atoms with Gasteiger partial charge in [0.2, 0.25) is 16.0 Å². The van der Waals surface area contributed by atoms with E-state index in [0.717, 1.165) is 47.2 Å². The fraction of sp³-hybridized carbons (Fsp3) is 0.484. The number of anilines is 4. The summed E-state index contributed by atoms with van der Waals surface area (Å²) in [6.45, 7) is -0.0143. The number of hydrogen-bond acceptors (Lipinski definition) is 7. The highest BCUT2D eigenvalue weighted by Gasteiger charge is 2.35. The molecule has 3 aromatic rings. The Morgan fingerprint density at radius 1 is 0.977 bits per heavy atom. The summed E-state index contributed by atoms with van der Waals surface area (Å²) < 4.78 is 72.3. The van der Waals surface area contributed by atoms with E-state index in [1.165, 1.54) is 45.6 Å². The van der Waals surface area contributed by atoms with Gasteiger partial charge in [-0.05, 0) is 79.5 Å². The van der Waals surface area contributed by atoms with Gasteiger partial charge in [0.25, 0.3) is 0 Å². The van der Waals surface area contributed by atoms with Crippen LogP contribution in [0.25, 0.3) is 0 Å². The van der Waals surface area contributed by atoms with Gasteiger partial charge < -0.3 is 15.4 Å². The summed E-state index contributed by atoms with van der Waals surface area (Å²) in [4.78, 5) is 8.00. The third-order valence-electron chi connectivity index (χ3n) is 8.52. The number of halogens is 3. The van der Waals surface area contributed by atoms with Crippen LogP contribution < -0.4 is 19.7 Å². The maximum absolute atomic E-state index is 13.7. The van der Waals surface area contributed by atoms with Crippen LogP contribution in [0.2, 0.25) is 0 Å². The second kappa shape index (κ2) is 13.0. The van der Waals surface area contributed by atoms with Gasteiger partial charge in [-0.15, -0.1) is 0 Å². The van der Waals surface area contributed by atoms with E-state index in [9.17, 15) is 21.6 Å². The van der Waals surface area contributed by atoms with Crippen LogP contribution in [0.15, 0.2) is 54.7 Å². The number of aromatic nitrogens is 2. The Morgan fingerprint density at radius 3 is 2.30 bits per heavy atom. The first-order valence-electron chi connectivity index (χ1n) is 14.7. The number of nitrogens with one attached hydrogen (secondary N) is 2. The Hall–Kier alpha value is -3.54. The third-order valence-corrected chi connectivity index (χ3v) is 9.73. The molecule has 5 rings (SSSR count). The monoisotopic (exact) mass is 617 g/mol. The topological polar surface area (TPSA) is 96.4 Å². The molecule has 0 aliphatic heterocycles. The van der Waals surface area contributed by atoms with E-state index in [-0.39, 0.29) is 24.4 Å². The van der Waals surface area contributed by atoms with Crippen LogP contribution in [-0.4, -0.2) is 37.8 Å². The zero-order chi connectivity index (χ0) is 30.6. The van der Waals surface area contributed by atoms with Gasteiger partial charge in [0.15, 0.2) is 0 Å². The number of benzene rings is 2. The number of hydrogen-bond donors (Lipinski definition) is 2. The molecule has 43 heavy (non-hydrogen) atoms. The van der Waals surface area contributed by atoms with Crippen LogP contribution >= 0.6 is 0 Å². The average Bonchev–Trinajstić information content (AvgIpc) is 3.52. The summed E-state index contributed by atoms with van der Waals surface area (Å²) in [5.74, 6) is 2.10. The molecule has 0 unspecified atom stereocenters. The summed E-state index contributed by atoms with van der Waals surface area (Å²) in [6, 6.07) is 13.8. The number of rotatable bonds is 10. The first kappa shape index (κ1) is 30.9. The highest BCUT2D eigenvalue weighted by atomic mass is 32.2. The maximum Gasteiger partial charge on any atom is 0.421 e. The van der Waals surface area contributed by atoms with Crippen molar-refractivity contribution in [2.75, 3.05) is 28.2 Å². The van der Waals surface area contributed by atoms with Crippen LogP contribution in [0, 0.1) is 11.8 Å². The summed E-state index contributed by atoms with van der Waals surface area (Å²) in [7, 11) is -2.08. The number of sulfonamides is 1. The van der Waals surface area contributed by atoms with E-state index in [1.807, 2.05) is 12.1 Å². The molecule has 0 radical (unpaired) electrons. The Kier molecular flexibility index (Phi) is 9.33. The van der Waals surface area contributed by atoms with Crippen molar-refractivity contribution in [2.24, 2.45) is 11.8 Å². The summed E-state index contributed by atoms with van der Waals surface area (Å²) >= 11 is 0. The van der Waals surface area contributed by atoms with E-state index in [4.69, 9.17) is 4.74 Å². The fourth-order valence-corrected chi connectivity index (χ4v) is 6.57. The Labute approximate surface area is 251 Å². The molecule has 0 atom stereocenters. The van der Waals surface area contributed by atoms with E-state index >= 15 is 0 Å². The normalized spacial score (nSPS) is 19.7. The Balaban J connectivity index is 1.21. The lowest BCUT2D eigenvalue weighted by molar-refractivity contribution is -0.137. The number of nitrogens with zero attached hydrogens (tertiary/aromatic N) is 3. The lowest BCUT2D eigenvalue weighted by Gasteiger charge is -2.32. The molecule has 0 saturated heterocycles. The van der Waals surface area contributed by atoms with Crippen molar-refractivity contribution in [1.82, 2.24) is 9.97 Å². The Bertz CT molecular complexity index is 1490. The zero-order valence-corrected chi connectivity index (χ0v) is 25.2. The van der Waals surface area contributed by atoms with E-state index < -0.39 is 21.8 Å². The van der Waals surface area contributed by atoms with Gasteiger partial charge in [0.1, 0.15) is 17.1 Å². The van der Waals surface area contributed by atoms with Crippen molar-refractivity contribution in [3.8, 4) is 5.75 Å². The molecule has 2 aliphatic carbocycles. The van der Waals surface area contributed by atoms with Crippen molar-refractivity contribution < 1.29 is 26.3 Å². The second-order valence-corrected chi connectivity index (χ2v) is 13.6. The van der Waals surface area contributed by atoms with Gasteiger partial charge in [0.05, 0.1) is 18.0 Å². The number of ether oxygens (including phenoxy) is 1. The SMILES string of the molecule is CN(c1cccc(CNc2nc(Nc3ccc(OC4CCC(C5CCCC5)CC4)cc3)ncc2C(F)(F)F)c1)S(C)(=O)=O. The quantitative estimate of drug-likeness (QED) is 0.245. The van der Waals surface area contributed by atoms with Gasteiger partial charge in [-0.3, -0.25) is 4.31 Å². The minimum absolute atomic E-state index is 0.0000335. The predicted molar refractivity (Wildman–Crippen MR) is 162 cm³/mol. The van der Waals surface area contributed by atoms with Gasteiger partial charge in [-0.1, -0.05) is 37.8 Å². The maximum atomic E-state index is 13.7. The molecule has 2 fully saturated rings. The molecular weight excluding hydrogens is 579 g/mol. The molecule has 12 heteroatoms. The van der Waals surface area contributed by atoms with E-state index in [2.05, 4.69) is 20.6 Å². The van der Waals surface area contributed by atoms with Gasteiger partial charge in [0, 0.05) is 25.5 Å². The third kappa shape index (κ3) is 8.10. The van der Waals surface area contributed by atoms with Gasteiger partial charge >= 0.3 is 6.18 Å². The highest BCUT2D eigenvalue weighted by molar-refractivity contribution is 7.92. The van der Waals surface area contributed by atoms with Crippen LogP contribution in [0.5, 0.6) is 5.75 Å². The van der Waals surface area contributed by atoms with Crippen molar-refractivity contribution in [3.63, 3.8) is 0 Å². The average molecular weight is 618 g/mol. The van der Waals surface area contributed by atoms with Crippen molar-refractivity contribution >= 4 is 33.2 Å². The van der Waals surface area contributed by atoms with Crippen molar-refractivity contribution in [2.45, 2.75) is 70.2 Å². The van der Waals surface area contributed by atoms with E-state index in [1.54, 1.807) is 36.4 Å². The zero-order valence-electron chi connectivity index (χ0n) is 24.4. The first-order chi connectivity index (χ1) is 20.5. The predicted octanol–water partition coefficient (Wildman–Crippen LogP) is 7.37. The molecule has 1 heterocycles. The molecule has 0 spiro atoms. The largest absolute Gasteiger partial charge is 0.490 e. The lowest BCUT2D eigenvalue weighted by atomic mass is 9.78. The molecule has 2 aromatic carbocycles. The first-order valence-corrected chi connectivity index (χ1v) is 16.6. The van der Waals surface area contributed by atoms with Crippen molar-refractivity contribution in [3.05, 3.63) is 65.9 Å². The molecule has 2 aliphatic rings.